The summed E-state index contributed by atoms with van der Waals surface area (Å²) in [6, 6.07) is 13.9. The molecule has 0 aromatic heterocycles. The van der Waals surface area contributed by atoms with E-state index in [1.807, 2.05) is 43.3 Å². The van der Waals surface area contributed by atoms with E-state index in [-0.39, 0.29) is 6.04 Å². The zero-order valence-corrected chi connectivity index (χ0v) is 12.7. The highest BCUT2D eigenvalue weighted by Gasteiger charge is 2.23. The molecule has 3 rings (SSSR count). The standard InChI is InChI=1S/C17H19ClN2O/c1-11-8-13(10-14(18)9-11)17(20-19)12-2-4-15(5-3-12)21-16-6-7-16/h2-5,8-10,16-17,20H,6-7,19H2,1H3. The molecule has 4 heteroatoms. The zero-order valence-electron chi connectivity index (χ0n) is 12.0. The van der Waals surface area contributed by atoms with Gasteiger partial charge in [0.1, 0.15) is 5.75 Å². The van der Waals surface area contributed by atoms with E-state index < -0.39 is 0 Å². The predicted molar refractivity (Wildman–Crippen MR) is 85.4 cm³/mol. The van der Waals surface area contributed by atoms with Crippen LogP contribution in [-0.4, -0.2) is 6.10 Å². The van der Waals surface area contributed by atoms with Crippen molar-refractivity contribution in [2.24, 2.45) is 5.84 Å². The Kier molecular flexibility index (Phi) is 4.15. The van der Waals surface area contributed by atoms with Crippen LogP contribution in [0.3, 0.4) is 0 Å². The van der Waals surface area contributed by atoms with E-state index in [2.05, 4.69) is 11.5 Å². The Morgan fingerprint density at radius 2 is 1.86 bits per heavy atom. The second-order valence-corrected chi connectivity index (χ2v) is 5.98. The summed E-state index contributed by atoms with van der Waals surface area (Å²) in [6.07, 6.45) is 2.74. The average molecular weight is 303 g/mol. The largest absolute Gasteiger partial charge is 0.490 e. The van der Waals surface area contributed by atoms with Gasteiger partial charge in [0.05, 0.1) is 12.1 Å². The van der Waals surface area contributed by atoms with Crippen LogP contribution in [0.15, 0.2) is 42.5 Å². The van der Waals surface area contributed by atoms with Crippen LogP contribution in [-0.2, 0) is 0 Å². The first kappa shape index (κ1) is 14.4. The lowest BCUT2D eigenvalue weighted by Crippen LogP contribution is -2.28. The summed E-state index contributed by atoms with van der Waals surface area (Å²) in [4.78, 5) is 0. The third kappa shape index (κ3) is 3.56. The molecule has 2 aromatic rings. The molecule has 0 heterocycles. The molecule has 1 aliphatic rings. The van der Waals surface area contributed by atoms with Crippen LogP contribution in [0.4, 0.5) is 0 Å². The highest BCUT2D eigenvalue weighted by atomic mass is 35.5. The summed E-state index contributed by atoms with van der Waals surface area (Å²) in [5.74, 6) is 6.66. The van der Waals surface area contributed by atoms with Crippen molar-refractivity contribution in [3.8, 4) is 5.75 Å². The highest BCUT2D eigenvalue weighted by Crippen LogP contribution is 2.29. The maximum Gasteiger partial charge on any atom is 0.119 e. The first-order chi connectivity index (χ1) is 10.2. The molecule has 3 N–H and O–H groups in total. The van der Waals surface area contributed by atoms with E-state index >= 15 is 0 Å². The normalized spacial score (nSPS) is 15.8. The summed E-state index contributed by atoms with van der Waals surface area (Å²) in [6.45, 7) is 2.02. The zero-order chi connectivity index (χ0) is 14.8. The van der Waals surface area contributed by atoms with E-state index in [0.717, 1.165) is 40.3 Å². The van der Waals surface area contributed by atoms with Crippen molar-refractivity contribution in [3.63, 3.8) is 0 Å². The lowest BCUT2D eigenvalue weighted by atomic mass is 9.98. The predicted octanol–water partition coefficient (Wildman–Crippen LogP) is 3.74. The Bertz CT molecular complexity index is 603. The number of hydrogen-bond donors (Lipinski definition) is 2. The quantitative estimate of drug-likeness (QED) is 0.653. The molecule has 1 saturated carbocycles. The Morgan fingerprint density at radius 3 is 2.43 bits per heavy atom. The molecule has 0 spiro atoms. The number of nitrogens with one attached hydrogen (secondary N) is 1. The Labute approximate surface area is 130 Å². The molecule has 0 amide bonds. The molecule has 1 aliphatic carbocycles. The van der Waals surface area contributed by atoms with Crippen molar-refractivity contribution in [3.05, 3.63) is 64.2 Å². The average Bonchev–Trinajstić information content (AvgIpc) is 3.24. The second kappa shape index (κ2) is 6.06. The minimum Gasteiger partial charge on any atom is -0.490 e. The maximum absolute atomic E-state index is 6.14. The van der Waals surface area contributed by atoms with Crippen molar-refractivity contribution in [2.45, 2.75) is 31.9 Å². The van der Waals surface area contributed by atoms with Gasteiger partial charge in [-0.1, -0.05) is 29.8 Å². The molecular formula is C17H19ClN2O. The number of aryl methyl sites for hydroxylation is 1. The fraction of sp³-hybridized carbons (Fsp3) is 0.294. The van der Waals surface area contributed by atoms with Gasteiger partial charge in [-0.15, -0.1) is 0 Å². The molecule has 1 unspecified atom stereocenters. The van der Waals surface area contributed by atoms with E-state index in [0.29, 0.717) is 6.10 Å². The van der Waals surface area contributed by atoms with Crippen molar-refractivity contribution in [2.75, 3.05) is 0 Å². The highest BCUT2D eigenvalue weighted by molar-refractivity contribution is 6.30. The Balaban J connectivity index is 1.84. The minimum atomic E-state index is -0.0858. The second-order valence-electron chi connectivity index (χ2n) is 5.55. The maximum atomic E-state index is 6.14. The molecule has 110 valence electrons. The first-order valence-corrected chi connectivity index (χ1v) is 7.53. The summed E-state index contributed by atoms with van der Waals surface area (Å²) < 4.78 is 5.76. The van der Waals surface area contributed by atoms with Gasteiger partial charge in [-0.05, 0) is 60.7 Å². The summed E-state index contributed by atoms with van der Waals surface area (Å²) in [5.41, 5.74) is 6.12. The van der Waals surface area contributed by atoms with Crippen LogP contribution in [0.5, 0.6) is 5.75 Å². The molecule has 1 fully saturated rings. The first-order valence-electron chi connectivity index (χ1n) is 7.15. The lowest BCUT2D eigenvalue weighted by Gasteiger charge is -2.18. The van der Waals surface area contributed by atoms with Gasteiger partial charge in [-0.25, -0.2) is 5.43 Å². The van der Waals surface area contributed by atoms with Gasteiger partial charge >= 0.3 is 0 Å². The molecule has 2 aromatic carbocycles. The van der Waals surface area contributed by atoms with E-state index in [1.54, 1.807) is 0 Å². The van der Waals surface area contributed by atoms with Gasteiger partial charge in [0.25, 0.3) is 0 Å². The van der Waals surface area contributed by atoms with Crippen LogP contribution < -0.4 is 16.0 Å². The van der Waals surface area contributed by atoms with Crippen LogP contribution in [0.25, 0.3) is 0 Å². The van der Waals surface area contributed by atoms with Gasteiger partial charge in [-0.2, -0.15) is 0 Å². The molecular weight excluding hydrogens is 284 g/mol. The molecule has 0 radical (unpaired) electrons. The molecule has 3 nitrogen and oxygen atoms in total. The smallest absolute Gasteiger partial charge is 0.119 e. The van der Waals surface area contributed by atoms with Crippen LogP contribution in [0.2, 0.25) is 5.02 Å². The molecule has 21 heavy (non-hydrogen) atoms. The monoisotopic (exact) mass is 302 g/mol. The Morgan fingerprint density at radius 1 is 1.14 bits per heavy atom. The van der Waals surface area contributed by atoms with Gasteiger partial charge in [0, 0.05) is 5.02 Å². The lowest BCUT2D eigenvalue weighted by molar-refractivity contribution is 0.303. The number of ether oxygens (including phenoxy) is 1. The number of hydrogen-bond acceptors (Lipinski definition) is 3. The van der Waals surface area contributed by atoms with E-state index in [1.165, 1.54) is 0 Å². The van der Waals surface area contributed by atoms with E-state index in [9.17, 15) is 0 Å². The van der Waals surface area contributed by atoms with Gasteiger partial charge < -0.3 is 4.74 Å². The van der Waals surface area contributed by atoms with Crippen LogP contribution in [0.1, 0.15) is 35.6 Å². The van der Waals surface area contributed by atoms with Crippen molar-refractivity contribution in [1.29, 1.82) is 0 Å². The van der Waals surface area contributed by atoms with Gasteiger partial charge in [-0.3, -0.25) is 5.84 Å². The fourth-order valence-electron chi connectivity index (χ4n) is 2.43. The molecule has 1 atom stereocenters. The number of halogens is 1. The van der Waals surface area contributed by atoms with Gasteiger partial charge in [0.2, 0.25) is 0 Å². The van der Waals surface area contributed by atoms with Crippen LogP contribution >= 0.6 is 11.6 Å². The molecule has 0 bridgehead atoms. The minimum absolute atomic E-state index is 0.0858. The van der Waals surface area contributed by atoms with E-state index in [4.69, 9.17) is 22.2 Å². The van der Waals surface area contributed by atoms with Crippen molar-refractivity contribution < 1.29 is 4.74 Å². The summed E-state index contributed by atoms with van der Waals surface area (Å²) >= 11 is 6.14. The third-order valence-corrected chi connectivity index (χ3v) is 3.82. The third-order valence-electron chi connectivity index (χ3n) is 3.61. The summed E-state index contributed by atoms with van der Waals surface area (Å²) in [5, 5.41) is 0.721. The number of rotatable bonds is 5. The Hall–Kier alpha value is -1.55. The van der Waals surface area contributed by atoms with Crippen molar-refractivity contribution in [1.82, 2.24) is 5.43 Å². The van der Waals surface area contributed by atoms with Crippen LogP contribution in [0, 0.1) is 6.92 Å². The molecule has 0 saturated heterocycles. The number of benzene rings is 2. The van der Waals surface area contributed by atoms with Gasteiger partial charge in [0.15, 0.2) is 0 Å². The topological polar surface area (TPSA) is 47.3 Å². The fourth-order valence-corrected chi connectivity index (χ4v) is 2.73. The summed E-state index contributed by atoms with van der Waals surface area (Å²) in [7, 11) is 0. The number of hydrazine groups is 1. The number of nitrogens with two attached hydrogens (primary N) is 1. The van der Waals surface area contributed by atoms with Crippen molar-refractivity contribution >= 4 is 11.6 Å². The molecule has 0 aliphatic heterocycles. The SMILES string of the molecule is Cc1cc(Cl)cc(C(NN)c2ccc(OC3CC3)cc2)c1.